The molecular formula is C22H27N5O3. The van der Waals surface area contributed by atoms with Gasteiger partial charge in [-0.2, -0.15) is 0 Å². The molecule has 8 nitrogen and oxygen atoms in total. The quantitative estimate of drug-likeness (QED) is 0.249. The Morgan fingerprint density at radius 2 is 1.97 bits per heavy atom. The Kier molecular flexibility index (Phi) is 5.87. The Labute approximate surface area is 175 Å². The summed E-state index contributed by atoms with van der Waals surface area (Å²) >= 11 is 0. The Hall–Kier alpha value is -3.10. The van der Waals surface area contributed by atoms with Crippen LogP contribution in [0.15, 0.2) is 36.4 Å². The molecule has 0 atom stereocenters. The first-order chi connectivity index (χ1) is 14.5. The lowest BCUT2D eigenvalue weighted by atomic mass is 9.95. The number of benzene rings is 2. The molecule has 0 aliphatic carbocycles. The second-order valence-electron chi connectivity index (χ2n) is 7.87. The van der Waals surface area contributed by atoms with Crippen molar-refractivity contribution in [3.05, 3.63) is 53.1 Å². The van der Waals surface area contributed by atoms with Crippen LogP contribution in [0.3, 0.4) is 0 Å². The number of nitrogens with one attached hydrogen (secondary N) is 2. The first-order valence-electron chi connectivity index (χ1n) is 10.2. The molecule has 2 aliphatic heterocycles. The van der Waals surface area contributed by atoms with Gasteiger partial charge in [-0.25, -0.2) is 4.79 Å². The lowest BCUT2D eigenvalue weighted by Gasteiger charge is -2.31. The number of piperidine rings is 1. The van der Waals surface area contributed by atoms with Crippen LogP contribution in [0.4, 0.5) is 17.1 Å². The minimum Gasteiger partial charge on any atom is -0.457 e. The number of ether oxygens (including phenoxy) is 1. The Morgan fingerprint density at radius 3 is 2.70 bits per heavy atom. The Bertz CT molecular complexity index is 954. The van der Waals surface area contributed by atoms with E-state index in [-0.39, 0.29) is 17.8 Å². The maximum absolute atomic E-state index is 12.6. The molecule has 1 saturated heterocycles. The third-order valence-electron chi connectivity index (χ3n) is 5.90. The molecule has 30 heavy (non-hydrogen) atoms. The fraction of sp³-hybridized carbons (Fsp3) is 0.364. The number of cyclic esters (lactones) is 1. The molecule has 8 heteroatoms. The van der Waals surface area contributed by atoms with Gasteiger partial charge in [-0.3, -0.25) is 10.6 Å². The van der Waals surface area contributed by atoms with Gasteiger partial charge in [0, 0.05) is 23.7 Å². The normalized spacial score (nSPS) is 16.8. The second kappa shape index (κ2) is 8.73. The minimum atomic E-state index is -0.230. The number of amides is 1. The highest BCUT2D eigenvalue weighted by atomic mass is 16.5. The van der Waals surface area contributed by atoms with Crippen molar-refractivity contribution in [3.63, 3.8) is 0 Å². The number of nitrogens with zero attached hydrogens (tertiary/aromatic N) is 1. The largest absolute Gasteiger partial charge is 0.457 e. The van der Waals surface area contributed by atoms with Gasteiger partial charge in [-0.15, -0.1) is 0 Å². The van der Waals surface area contributed by atoms with Gasteiger partial charge in [0.15, 0.2) is 0 Å². The van der Waals surface area contributed by atoms with Gasteiger partial charge in [0.05, 0.1) is 16.9 Å². The zero-order chi connectivity index (χ0) is 21.1. The number of nitrogens with two attached hydrogens (primary N) is 2. The fourth-order valence-corrected chi connectivity index (χ4v) is 4.06. The average Bonchev–Trinajstić information content (AvgIpc) is 3.13. The number of nitrogen functional groups attached to an aromatic ring is 2. The van der Waals surface area contributed by atoms with E-state index in [1.807, 2.05) is 12.1 Å². The molecular weight excluding hydrogens is 382 g/mol. The van der Waals surface area contributed by atoms with Crippen molar-refractivity contribution in [2.75, 3.05) is 36.1 Å². The standard InChI is InChI=1S/C22H27N5O3/c23-19-12-17(2-4-20(19)26-24)25-21(28)15-6-9-27(10-7-15)8-5-14-1-3-18-16(11-14)13-30-22(18)29/h1-4,11-12,15,26H,5-10,13,23-24H2,(H,25,28). The van der Waals surface area contributed by atoms with Crippen molar-refractivity contribution in [2.24, 2.45) is 11.8 Å². The Balaban J connectivity index is 1.24. The molecule has 0 unspecified atom stereocenters. The maximum Gasteiger partial charge on any atom is 0.338 e. The van der Waals surface area contributed by atoms with E-state index in [1.165, 1.54) is 5.56 Å². The first kappa shape index (κ1) is 20.2. The summed E-state index contributed by atoms with van der Waals surface area (Å²) in [5, 5.41) is 2.96. The average molecular weight is 409 g/mol. The number of hydrogen-bond donors (Lipinski definition) is 4. The highest BCUT2D eigenvalue weighted by Crippen LogP contribution is 2.25. The van der Waals surface area contributed by atoms with Crippen LogP contribution in [0.2, 0.25) is 0 Å². The smallest absolute Gasteiger partial charge is 0.338 e. The molecule has 4 rings (SSSR count). The maximum atomic E-state index is 12.6. The summed E-state index contributed by atoms with van der Waals surface area (Å²) in [5.41, 5.74) is 13.1. The second-order valence-corrected chi connectivity index (χ2v) is 7.87. The summed E-state index contributed by atoms with van der Waals surface area (Å²) in [6.45, 7) is 3.09. The number of hydrogen-bond acceptors (Lipinski definition) is 7. The van der Waals surface area contributed by atoms with Gasteiger partial charge in [0.25, 0.3) is 0 Å². The van der Waals surface area contributed by atoms with Gasteiger partial charge >= 0.3 is 5.97 Å². The number of carbonyl (C=O) groups excluding carboxylic acids is 2. The number of rotatable bonds is 6. The highest BCUT2D eigenvalue weighted by Gasteiger charge is 2.25. The van der Waals surface area contributed by atoms with E-state index in [0.717, 1.165) is 44.5 Å². The molecule has 0 spiro atoms. The summed E-state index contributed by atoms with van der Waals surface area (Å²) in [5.74, 6) is 5.18. The molecule has 2 aliphatic rings. The zero-order valence-electron chi connectivity index (χ0n) is 16.8. The van der Waals surface area contributed by atoms with Crippen molar-refractivity contribution >= 4 is 28.9 Å². The van der Waals surface area contributed by atoms with E-state index >= 15 is 0 Å². The Morgan fingerprint density at radius 1 is 1.17 bits per heavy atom. The van der Waals surface area contributed by atoms with E-state index in [0.29, 0.717) is 29.2 Å². The van der Waals surface area contributed by atoms with E-state index in [1.54, 1.807) is 18.2 Å². The van der Waals surface area contributed by atoms with E-state index in [2.05, 4.69) is 21.7 Å². The summed E-state index contributed by atoms with van der Waals surface area (Å²) in [7, 11) is 0. The van der Waals surface area contributed by atoms with Crippen LogP contribution in [-0.2, 0) is 22.6 Å². The number of fused-ring (bicyclic) bond motifs is 1. The highest BCUT2D eigenvalue weighted by molar-refractivity contribution is 5.94. The molecule has 0 aromatic heterocycles. The van der Waals surface area contributed by atoms with Crippen molar-refractivity contribution < 1.29 is 14.3 Å². The summed E-state index contributed by atoms with van der Waals surface area (Å²) in [6.07, 6.45) is 2.58. The van der Waals surface area contributed by atoms with Crippen LogP contribution in [0.1, 0.15) is 34.3 Å². The van der Waals surface area contributed by atoms with Gasteiger partial charge in [-0.05, 0) is 62.2 Å². The van der Waals surface area contributed by atoms with Crippen LogP contribution < -0.4 is 22.3 Å². The lowest BCUT2D eigenvalue weighted by Crippen LogP contribution is -2.39. The molecule has 2 aromatic rings. The molecule has 0 saturated carbocycles. The van der Waals surface area contributed by atoms with Crippen LogP contribution in [0, 0.1) is 5.92 Å². The SMILES string of the molecule is NNc1ccc(NC(=O)C2CCN(CCc3ccc4c(c3)COC4=O)CC2)cc1N. The van der Waals surface area contributed by atoms with Gasteiger partial charge < -0.3 is 26.1 Å². The number of anilines is 3. The molecule has 0 radical (unpaired) electrons. The van der Waals surface area contributed by atoms with Crippen LogP contribution in [-0.4, -0.2) is 36.4 Å². The van der Waals surface area contributed by atoms with Crippen molar-refractivity contribution in [1.29, 1.82) is 0 Å². The fourth-order valence-electron chi connectivity index (χ4n) is 4.06. The van der Waals surface area contributed by atoms with E-state index in [9.17, 15) is 9.59 Å². The van der Waals surface area contributed by atoms with Gasteiger partial charge in [-0.1, -0.05) is 12.1 Å². The zero-order valence-corrected chi connectivity index (χ0v) is 16.8. The molecule has 2 aromatic carbocycles. The summed E-state index contributed by atoms with van der Waals surface area (Å²) < 4.78 is 5.06. The molecule has 1 fully saturated rings. The van der Waals surface area contributed by atoms with E-state index < -0.39 is 0 Å². The molecule has 0 bridgehead atoms. The van der Waals surface area contributed by atoms with Crippen LogP contribution >= 0.6 is 0 Å². The molecule has 6 N–H and O–H groups in total. The predicted molar refractivity (Wildman–Crippen MR) is 116 cm³/mol. The van der Waals surface area contributed by atoms with Crippen LogP contribution in [0.25, 0.3) is 0 Å². The first-order valence-corrected chi connectivity index (χ1v) is 10.2. The van der Waals surface area contributed by atoms with Gasteiger partial charge in [0.1, 0.15) is 6.61 Å². The van der Waals surface area contributed by atoms with Crippen molar-refractivity contribution in [2.45, 2.75) is 25.9 Å². The predicted octanol–water partition coefficient (Wildman–Crippen LogP) is 2.12. The summed E-state index contributed by atoms with van der Waals surface area (Å²) in [4.78, 5) is 26.5. The van der Waals surface area contributed by atoms with E-state index in [4.69, 9.17) is 16.3 Å². The van der Waals surface area contributed by atoms with Crippen molar-refractivity contribution in [3.8, 4) is 0 Å². The number of likely N-dealkylation sites (tertiary alicyclic amines) is 1. The number of esters is 1. The number of hydrazine groups is 1. The number of carbonyl (C=O) groups is 2. The topological polar surface area (TPSA) is 123 Å². The van der Waals surface area contributed by atoms with Crippen molar-refractivity contribution in [1.82, 2.24) is 4.90 Å². The summed E-state index contributed by atoms with van der Waals surface area (Å²) in [6, 6.07) is 11.2. The molecule has 1 amide bonds. The third-order valence-corrected chi connectivity index (χ3v) is 5.90. The minimum absolute atomic E-state index is 0.00191. The van der Waals surface area contributed by atoms with Crippen LogP contribution in [0.5, 0.6) is 0 Å². The monoisotopic (exact) mass is 409 g/mol. The third kappa shape index (κ3) is 4.39. The lowest BCUT2D eigenvalue weighted by molar-refractivity contribution is -0.121. The molecule has 158 valence electrons. The van der Waals surface area contributed by atoms with Gasteiger partial charge in [0.2, 0.25) is 5.91 Å². The molecule has 2 heterocycles.